The molecule has 7 heteroatoms. The van der Waals surface area contributed by atoms with Crippen LogP contribution >= 0.6 is 12.4 Å². The van der Waals surface area contributed by atoms with Gasteiger partial charge in [0.25, 0.3) is 5.91 Å². The van der Waals surface area contributed by atoms with E-state index in [0.717, 1.165) is 12.8 Å². The van der Waals surface area contributed by atoms with Crippen molar-refractivity contribution in [2.45, 2.75) is 19.4 Å². The smallest absolute Gasteiger partial charge is 0.251 e. The van der Waals surface area contributed by atoms with E-state index in [-0.39, 0.29) is 30.7 Å². The van der Waals surface area contributed by atoms with Crippen LogP contribution in [0, 0.1) is 5.82 Å². The Balaban J connectivity index is 0.00000441. The molecule has 0 radical (unpaired) electrons. The van der Waals surface area contributed by atoms with Gasteiger partial charge < -0.3 is 20.5 Å². The van der Waals surface area contributed by atoms with Crippen LogP contribution in [0.15, 0.2) is 18.2 Å². The van der Waals surface area contributed by atoms with Gasteiger partial charge in [0.1, 0.15) is 5.82 Å². The van der Waals surface area contributed by atoms with Crippen LogP contribution in [0.1, 0.15) is 28.8 Å². The second-order valence-electron chi connectivity index (χ2n) is 4.60. The lowest BCUT2D eigenvalue weighted by atomic mass is 10.1. The minimum absolute atomic E-state index is 0. The summed E-state index contributed by atoms with van der Waals surface area (Å²) in [6.45, 7) is 2.11. The van der Waals surface area contributed by atoms with E-state index >= 15 is 0 Å². The molecule has 0 saturated carbocycles. The van der Waals surface area contributed by atoms with Crippen LogP contribution in [0.25, 0.3) is 0 Å². The maximum Gasteiger partial charge on any atom is 0.251 e. The fourth-order valence-corrected chi connectivity index (χ4v) is 1.72. The minimum Gasteiger partial charge on any atom is -0.382 e. The number of ether oxygens (including phenoxy) is 2. The molecule has 0 spiro atoms. The quantitative estimate of drug-likeness (QED) is 0.641. The van der Waals surface area contributed by atoms with Gasteiger partial charge in [0.15, 0.2) is 0 Å². The summed E-state index contributed by atoms with van der Waals surface area (Å²) in [7, 11) is 1.57. The third-order valence-corrected chi connectivity index (χ3v) is 2.91. The number of amides is 1. The molecule has 1 aromatic carbocycles. The number of methoxy groups -OCH3 is 1. The van der Waals surface area contributed by atoms with Crippen molar-refractivity contribution < 1.29 is 18.7 Å². The van der Waals surface area contributed by atoms with Crippen LogP contribution in [0.2, 0.25) is 0 Å². The zero-order chi connectivity index (χ0) is 15.5. The Morgan fingerprint density at radius 3 is 2.77 bits per heavy atom. The Kier molecular flexibility index (Phi) is 11.7. The molecule has 5 nitrogen and oxygen atoms in total. The SMILES string of the molecule is COCCOCc1cc(C(=O)NCCCCN)ccc1F.Cl. The summed E-state index contributed by atoms with van der Waals surface area (Å²) in [6.07, 6.45) is 1.69. The van der Waals surface area contributed by atoms with Gasteiger partial charge in [0.05, 0.1) is 19.8 Å². The van der Waals surface area contributed by atoms with Crippen molar-refractivity contribution in [3.05, 3.63) is 35.1 Å². The lowest BCUT2D eigenvalue weighted by molar-refractivity contribution is 0.0604. The van der Waals surface area contributed by atoms with Crippen molar-refractivity contribution in [1.82, 2.24) is 5.32 Å². The zero-order valence-electron chi connectivity index (χ0n) is 12.8. The van der Waals surface area contributed by atoms with Gasteiger partial charge in [-0.25, -0.2) is 4.39 Å². The summed E-state index contributed by atoms with van der Waals surface area (Å²) in [6, 6.07) is 4.26. The minimum atomic E-state index is -0.382. The summed E-state index contributed by atoms with van der Waals surface area (Å²) in [5.74, 6) is -0.600. The van der Waals surface area contributed by atoms with Gasteiger partial charge in [0.2, 0.25) is 0 Å². The van der Waals surface area contributed by atoms with Crippen LogP contribution in [-0.2, 0) is 16.1 Å². The molecular weight excluding hydrogens is 311 g/mol. The van der Waals surface area contributed by atoms with E-state index in [4.69, 9.17) is 15.2 Å². The number of nitrogens with two attached hydrogens (primary N) is 1. The van der Waals surface area contributed by atoms with Crippen LogP contribution in [-0.4, -0.2) is 39.3 Å². The molecule has 0 fully saturated rings. The molecule has 1 rings (SSSR count). The maximum atomic E-state index is 13.6. The van der Waals surface area contributed by atoms with Crippen molar-refractivity contribution in [2.75, 3.05) is 33.4 Å². The Labute approximate surface area is 136 Å². The molecule has 126 valence electrons. The van der Waals surface area contributed by atoms with Gasteiger partial charge in [-0.3, -0.25) is 4.79 Å². The van der Waals surface area contributed by atoms with Gasteiger partial charge in [-0.1, -0.05) is 0 Å². The zero-order valence-corrected chi connectivity index (χ0v) is 13.6. The standard InChI is InChI=1S/C15H23FN2O3.ClH/c1-20-8-9-21-11-13-10-12(4-5-14(13)16)15(19)18-7-3-2-6-17;/h4-5,10H,2-3,6-9,11,17H2,1H3,(H,18,19);1H. The summed E-state index contributed by atoms with van der Waals surface area (Å²) in [5, 5.41) is 2.78. The highest BCUT2D eigenvalue weighted by atomic mass is 35.5. The molecule has 3 N–H and O–H groups in total. The second-order valence-corrected chi connectivity index (χ2v) is 4.60. The van der Waals surface area contributed by atoms with Gasteiger partial charge in [0, 0.05) is 24.8 Å². The number of benzene rings is 1. The highest BCUT2D eigenvalue weighted by Gasteiger charge is 2.09. The average Bonchev–Trinajstić information content (AvgIpc) is 2.49. The number of hydrogen-bond donors (Lipinski definition) is 2. The number of rotatable bonds is 10. The van der Waals surface area contributed by atoms with Crippen LogP contribution in [0.5, 0.6) is 0 Å². The topological polar surface area (TPSA) is 73.6 Å². The first-order chi connectivity index (χ1) is 10.2. The highest BCUT2D eigenvalue weighted by Crippen LogP contribution is 2.12. The first kappa shape index (κ1) is 20.8. The molecule has 0 aliphatic heterocycles. The first-order valence-electron chi connectivity index (χ1n) is 7.02. The van der Waals surface area contributed by atoms with E-state index in [2.05, 4.69) is 5.32 Å². The van der Waals surface area contributed by atoms with Gasteiger partial charge >= 0.3 is 0 Å². The summed E-state index contributed by atoms with van der Waals surface area (Å²) in [5.41, 5.74) is 6.17. The Morgan fingerprint density at radius 2 is 2.09 bits per heavy atom. The Morgan fingerprint density at radius 1 is 1.32 bits per heavy atom. The van der Waals surface area contributed by atoms with E-state index in [1.807, 2.05) is 0 Å². The Hall–Kier alpha value is -1.21. The summed E-state index contributed by atoms with van der Waals surface area (Å²) in [4.78, 5) is 11.9. The van der Waals surface area contributed by atoms with Crippen molar-refractivity contribution in [2.24, 2.45) is 5.73 Å². The molecule has 22 heavy (non-hydrogen) atoms. The third kappa shape index (κ3) is 7.70. The maximum absolute atomic E-state index is 13.6. The predicted octanol–water partition coefficient (Wildman–Crippen LogP) is 1.88. The molecule has 0 aliphatic rings. The molecule has 0 bridgehead atoms. The molecule has 0 saturated heterocycles. The molecule has 0 aromatic heterocycles. The fourth-order valence-electron chi connectivity index (χ4n) is 1.72. The van der Waals surface area contributed by atoms with E-state index in [1.165, 1.54) is 18.2 Å². The van der Waals surface area contributed by atoms with Crippen molar-refractivity contribution in [1.29, 1.82) is 0 Å². The number of hydrogen-bond acceptors (Lipinski definition) is 4. The highest BCUT2D eigenvalue weighted by molar-refractivity contribution is 5.94. The van der Waals surface area contributed by atoms with E-state index in [9.17, 15) is 9.18 Å². The van der Waals surface area contributed by atoms with Crippen molar-refractivity contribution >= 4 is 18.3 Å². The largest absolute Gasteiger partial charge is 0.382 e. The van der Waals surface area contributed by atoms with Crippen LogP contribution < -0.4 is 11.1 Å². The molecule has 0 unspecified atom stereocenters. The lowest BCUT2D eigenvalue weighted by Gasteiger charge is -2.08. The van der Waals surface area contributed by atoms with Crippen LogP contribution in [0.3, 0.4) is 0 Å². The predicted molar refractivity (Wildman–Crippen MR) is 85.8 cm³/mol. The second kappa shape index (κ2) is 12.3. The van der Waals surface area contributed by atoms with Gasteiger partial charge in [-0.05, 0) is 37.6 Å². The van der Waals surface area contributed by atoms with E-state index in [0.29, 0.717) is 37.4 Å². The lowest BCUT2D eigenvalue weighted by Crippen LogP contribution is -2.25. The summed E-state index contributed by atoms with van der Waals surface area (Å²) >= 11 is 0. The first-order valence-corrected chi connectivity index (χ1v) is 7.02. The molecule has 1 aromatic rings. The normalized spacial score (nSPS) is 10.1. The van der Waals surface area contributed by atoms with Crippen molar-refractivity contribution in [3.63, 3.8) is 0 Å². The van der Waals surface area contributed by atoms with E-state index in [1.54, 1.807) is 7.11 Å². The number of halogens is 2. The Bertz CT molecular complexity index is 447. The molecular formula is C15H24ClFN2O3. The number of unbranched alkanes of at least 4 members (excludes halogenated alkanes) is 1. The monoisotopic (exact) mass is 334 g/mol. The number of carbonyl (C=O) groups excluding carboxylic acids is 1. The molecule has 0 heterocycles. The molecule has 0 aliphatic carbocycles. The fraction of sp³-hybridized carbons (Fsp3) is 0.533. The van der Waals surface area contributed by atoms with Gasteiger partial charge in [-0.15, -0.1) is 12.4 Å². The molecule has 1 amide bonds. The number of carbonyl (C=O) groups is 1. The summed E-state index contributed by atoms with van der Waals surface area (Å²) < 4.78 is 23.8. The third-order valence-electron chi connectivity index (χ3n) is 2.91. The average molecular weight is 335 g/mol. The molecule has 0 atom stereocenters. The van der Waals surface area contributed by atoms with Crippen molar-refractivity contribution in [3.8, 4) is 0 Å². The van der Waals surface area contributed by atoms with Gasteiger partial charge in [-0.2, -0.15) is 0 Å². The van der Waals surface area contributed by atoms with Crippen LogP contribution in [0.4, 0.5) is 4.39 Å². The van der Waals surface area contributed by atoms with E-state index < -0.39 is 0 Å². The number of nitrogens with one attached hydrogen (secondary N) is 1.